The molecule has 0 aromatic carbocycles. The van der Waals surface area contributed by atoms with E-state index in [0.29, 0.717) is 6.04 Å². The van der Waals surface area contributed by atoms with Crippen LogP contribution in [-0.4, -0.2) is 32.6 Å². The minimum Gasteiger partial charge on any atom is -0.309 e. The summed E-state index contributed by atoms with van der Waals surface area (Å²) >= 11 is 1.86. The SMILES string of the molecule is CSCC(C)NCc1cnc2cc(C)nn2c1. The van der Waals surface area contributed by atoms with Gasteiger partial charge in [0.1, 0.15) is 0 Å². The summed E-state index contributed by atoms with van der Waals surface area (Å²) in [5.41, 5.74) is 3.07. The Bertz CT molecular complexity index is 494. The maximum Gasteiger partial charge on any atom is 0.155 e. The van der Waals surface area contributed by atoms with Gasteiger partial charge in [0.2, 0.25) is 0 Å². The Morgan fingerprint density at radius 3 is 3.12 bits per heavy atom. The van der Waals surface area contributed by atoms with Crippen molar-refractivity contribution in [2.45, 2.75) is 26.4 Å². The molecule has 1 N–H and O–H groups in total. The van der Waals surface area contributed by atoms with Gasteiger partial charge in [-0.25, -0.2) is 9.50 Å². The number of fused-ring (bicyclic) bond motifs is 1. The highest BCUT2D eigenvalue weighted by atomic mass is 32.2. The van der Waals surface area contributed by atoms with Crippen molar-refractivity contribution < 1.29 is 0 Å². The summed E-state index contributed by atoms with van der Waals surface area (Å²) in [7, 11) is 0. The Hall–Kier alpha value is -1.07. The second kappa shape index (κ2) is 5.51. The smallest absolute Gasteiger partial charge is 0.155 e. The van der Waals surface area contributed by atoms with E-state index >= 15 is 0 Å². The quantitative estimate of drug-likeness (QED) is 0.880. The molecule has 0 saturated carbocycles. The fourth-order valence-electron chi connectivity index (χ4n) is 1.73. The third-order valence-electron chi connectivity index (χ3n) is 2.56. The van der Waals surface area contributed by atoms with Gasteiger partial charge in [0.05, 0.1) is 5.69 Å². The second-order valence-corrected chi connectivity index (χ2v) is 5.20. The maximum absolute atomic E-state index is 4.38. The molecule has 0 amide bonds. The molecule has 17 heavy (non-hydrogen) atoms. The topological polar surface area (TPSA) is 42.2 Å². The molecule has 0 spiro atoms. The molecule has 1 unspecified atom stereocenters. The Morgan fingerprint density at radius 1 is 1.53 bits per heavy atom. The fraction of sp³-hybridized carbons (Fsp3) is 0.500. The van der Waals surface area contributed by atoms with Crippen LogP contribution in [0.4, 0.5) is 0 Å². The van der Waals surface area contributed by atoms with E-state index in [-0.39, 0.29) is 0 Å². The molecule has 0 fully saturated rings. The second-order valence-electron chi connectivity index (χ2n) is 4.29. The lowest BCUT2D eigenvalue weighted by molar-refractivity contribution is 0.593. The van der Waals surface area contributed by atoms with E-state index < -0.39 is 0 Å². The molecule has 5 heteroatoms. The number of aryl methyl sites for hydroxylation is 1. The van der Waals surface area contributed by atoms with Crippen LogP contribution in [0.15, 0.2) is 18.5 Å². The summed E-state index contributed by atoms with van der Waals surface area (Å²) in [5, 5.41) is 7.83. The van der Waals surface area contributed by atoms with E-state index in [4.69, 9.17) is 0 Å². The zero-order valence-electron chi connectivity index (χ0n) is 10.5. The zero-order valence-corrected chi connectivity index (χ0v) is 11.3. The summed E-state index contributed by atoms with van der Waals surface area (Å²) in [6, 6.07) is 2.49. The van der Waals surface area contributed by atoms with Crippen LogP contribution in [-0.2, 0) is 6.54 Å². The van der Waals surface area contributed by atoms with E-state index in [1.54, 1.807) is 0 Å². The summed E-state index contributed by atoms with van der Waals surface area (Å²) in [6.45, 7) is 5.01. The van der Waals surface area contributed by atoms with Crippen LogP contribution in [0, 0.1) is 6.92 Å². The molecular weight excluding hydrogens is 232 g/mol. The number of nitrogens with one attached hydrogen (secondary N) is 1. The van der Waals surface area contributed by atoms with Gasteiger partial charge in [-0.05, 0) is 20.1 Å². The number of hydrogen-bond acceptors (Lipinski definition) is 4. The highest BCUT2D eigenvalue weighted by Gasteiger charge is 2.03. The third-order valence-corrected chi connectivity index (χ3v) is 3.39. The molecule has 2 rings (SSSR count). The number of hydrogen-bond donors (Lipinski definition) is 1. The molecule has 2 aromatic rings. The van der Waals surface area contributed by atoms with E-state index in [0.717, 1.165) is 29.2 Å². The molecule has 0 aliphatic heterocycles. The minimum absolute atomic E-state index is 0.514. The van der Waals surface area contributed by atoms with Gasteiger partial charge < -0.3 is 5.32 Å². The molecule has 2 aromatic heterocycles. The number of nitrogens with zero attached hydrogens (tertiary/aromatic N) is 3. The Balaban J connectivity index is 2.03. The summed E-state index contributed by atoms with van der Waals surface area (Å²) in [5.74, 6) is 1.12. The van der Waals surface area contributed by atoms with E-state index in [1.807, 2.05) is 41.7 Å². The van der Waals surface area contributed by atoms with Crippen molar-refractivity contribution in [1.82, 2.24) is 19.9 Å². The van der Waals surface area contributed by atoms with Crippen LogP contribution in [0.3, 0.4) is 0 Å². The lowest BCUT2D eigenvalue weighted by atomic mass is 10.3. The van der Waals surface area contributed by atoms with Gasteiger partial charge in [0.25, 0.3) is 0 Å². The van der Waals surface area contributed by atoms with E-state index in [1.165, 1.54) is 0 Å². The fourth-order valence-corrected chi connectivity index (χ4v) is 2.34. The Kier molecular flexibility index (Phi) is 4.02. The summed E-state index contributed by atoms with van der Waals surface area (Å²) < 4.78 is 1.84. The first kappa shape index (κ1) is 12.4. The number of rotatable bonds is 5. The minimum atomic E-state index is 0.514. The third kappa shape index (κ3) is 3.20. The van der Waals surface area contributed by atoms with E-state index in [9.17, 15) is 0 Å². The summed E-state index contributed by atoms with van der Waals surface area (Å²) in [6.07, 6.45) is 6.07. The zero-order chi connectivity index (χ0) is 12.3. The van der Waals surface area contributed by atoms with Crippen LogP contribution in [0.2, 0.25) is 0 Å². The monoisotopic (exact) mass is 250 g/mol. The van der Waals surface area contributed by atoms with Crippen molar-refractivity contribution in [3.05, 3.63) is 29.7 Å². The first-order valence-electron chi connectivity index (χ1n) is 5.72. The maximum atomic E-state index is 4.38. The van der Waals surface area contributed by atoms with Gasteiger partial charge in [-0.1, -0.05) is 0 Å². The average Bonchev–Trinajstić information content (AvgIpc) is 2.66. The number of aromatic nitrogens is 3. The normalized spacial score (nSPS) is 13.1. The van der Waals surface area contributed by atoms with Gasteiger partial charge >= 0.3 is 0 Å². The van der Waals surface area contributed by atoms with Crippen LogP contribution < -0.4 is 5.32 Å². The lowest BCUT2D eigenvalue weighted by Gasteiger charge is -2.11. The Morgan fingerprint density at radius 2 is 2.35 bits per heavy atom. The predicted molar refractivity (Wildman–Crippen MR) is 72.4 cm³/mol. The molecule has 2 heterocycles. The van der Waals surface area contributed by atoms with Crippen molar-refractivity contribution >= 4 is 17.4 Å². The van der Waals surface area contributed by atoms with Crippen molar-refractivity contribution in [2.24, 2.45) is 0 Å². The molecular formula is C12H18N4S. The molecule has 0 saturated heterocycles. The molecule has 4 nitrogen and oxygen atoms in total. The van der Waals surface area contributed by atoms with Crippen LogP contribution in [0.1, 0.15) is 18.2 Å². The molecule has 0 aliphatic carbocycles. The van der Waals surface area contributed by atoms with Crippen molar-refractivity contribution in [1.29, 1.82) is 0 Å². The van der Waals surface area contributed by atoms with Crippen molar-refractivity contribution in [3.8, 4) is 0 Å². The Labute approximate surface area is 106 Å². The van der Waals surface area contributed by atoms with Gasteiger partial charge in [-0.3, -0.25) is 0 Å². The van der Waals surface area contributed by atoms with Crippen molar-refractivity contribution in [3.63, 3.8) is 0 Å². The summed E-state index contributed by atoms with van der Waals surface area (Å²) in [4.78, 5) is 4.38. The van der Waals surface area contributed by atoms with Crippen molar-refractivity contribution in [2.75, 3.05) is 12.0 Å². The molecule has 0 bridgehead atoms. The van der Waals surface area contributed by atoms with Crippen LogP contribution in [0.5, 0.6) is 0 Å². The molecule has 0 aliphatic rings. The first-order valence-corrected chi connectivity index (χ1v) is 7.11. The highest BCUT2D eigenvalue weighted by molar-refractivity contribution is 7.98. The number of thioether (sulfide) groups is 1. The van der Waals surface area contributed by atoms with Crippen LogP contribution in [0.25, 0.3) is 5.65 Å². The molecule has 0 radical (unpaired) electrons. The molecule has 92 valence electrons. The van der Waals surface area contributed by atoms with Gasteiger partial charge in [0.15, 0.2) is 5.65 Å². The first-order chi connectivity index (χ1) is 8.19. The standard InChI is InChI=1S/C12H18N4S/c1-9-4-12-14-6-11(7-16(12)15-9)5-13-10(2)8-17-3/h4,6-7,10,13H,5,8H2,1-3H3. The van der Waals surface area contributed by atoms with Gasteiger partial charge in [-0.15, -0.1) is 0 Å². The van der Waals surface area contributed by atoms with Gasteiger partial charge in [-0.2, -0.15) is 16.9 Å². The predicted octanol–water partition coefficient (Wildman–Crippen LogP) is 1.88. The molecule has 1 atom stereocenters. The lowest BCUT2D eigenvalue weighted by Crippen LogP contribution is -2.27. The van der Waals surface area contributed by atoms with E-state index in [2.05, 4.69) is 28.6 Å². The largest absolute Gasteiger partial charge is 0.309 e. The van der Waals surface area contributed by atoms with Gasteiger partial charge in [0, 0.05) is 42.4 Å². The highest BCUT2D eigenvalue weighted by Crippen LogP contribution is 2.05. The van der Waals surface area contributed by atoms with Crippen LogP contribution >= 0.6 is 11.8 Å². The average molecular weight is 250 g/mol.